The van der Waals surface area contributed by atoms with Crippen LogP contribution in [0.4, 0.5) is 5.69 Å². The predicted octanol–water partition coefficient (Wildman–Crippen LogP) is 0.194. The number of carbonyl (C=O) groups is 2. The Morgan fingerprint density at radius 3 is 2.63 bits per heavy atom. The molecule has 2 amide bonds. The van der Waals surface area contributed by atoms with Crippen molar-refractivity contribution >= 4 is 28.6 Å². The lowest BCUT2D eigenvalue weighted by molar-refractivity contribution is -0.125. The van der Waals surface area contributed by atoms with Crippen molar-refractivity contribution in [3.8, 4) is 0 Å². The van der Waals surface area contributed by atoms with Crippen molar-refractivity contribution in [1.29, 1.82) is 0 Å². The largest absolute Gasteiger partial charge is 0.419 e. The van der Waals surface area contributed by atoms with Crippen LogP contribution in [0.3, 0.4) is 0 Å². The standard InChI is InChI=1S/C18H27N5O4/c1-11(2)16(19)17(25)20-10-15(24)21-12-5-6-14-13(9-12)23(18(26)27-14)8-7-22(3)4/h5-6,9,11,16H,7-8,10,19H2,1-4H3,(H,20,25)(H,21,24)/t16-/m0/s1. The molecule has 0 saturated carbocycles. The second kappa shape index (κ2) is 8.83. The number of anilines is 1. The van der Waals surface area contributed by atoms with E-state index >= 15 is 0 Å². The van der Waals surface area contributed by atoms with Gasteiger partial charge in [-0.2, -0.15) is 0 Å². The van der Waals surface area contributed by atoms with Crippen LogP contribution in [-0.2, 0) is 16.1 Å². The molecule has 1 heterocycles. The lowest BCUT2D eigenvalue weighted by atomic mass is 10.1. The molecule has 148 valence electrons. The van der Waals surface area contributed by atoms with Crippen LogP contribution in [0, 0.1) is 5.92 Å². The lowest BCUT2D eigenvalue weighted by Gasteiger charge is -2.15. The monoisotopic (exact) mass is 377 g/mol. The van der Waals surface area contributed by atoms with Crippen LogP contribution in [0.1, 0.15) is 13.8 Å². The SMILES string of the molecule is CC(C)[C@H](N)C(=O)NCC(=O)Nc1ccc2oc(=O)n(CCN(C)C)c2c1. The minimum Gasteiger partial charge on any atom is -0.408 e. The minimum atomic E-state index is -0.661. The minimum absolute atomic E-state index is 0.0181. The van der Waals surface area contributed by atoms with Gasteiger partial charge in [0, 0.05) is 18.8 Å². The molecule has 1 aromatic heterocycles. The van der Waals surface area contributed by atoms with Gasteiger partial charge in [0.05, 0.1) is 18.1 Å². The van der Waals surface area contributed by atoms with Crippen molar-refractivity contribution in [3.63, 3.8) is 0 Å². The summed E-state index contributed by atoms with van der Waals surface area (Å²) < 4.78 is 6.75. The van der Waals surface area contributed by atoms with E-state index < -0.39 is 11.8 Å². The Balaban J connectivity index is 2.06. The number of fused-ring (bicyclic) bond motifs is 1. The molecule has 0 aliphatic heterocycles. The van der Waals surface area contributed by atoms with Crippen LogP contribution in [0.25, 0.3) is 11.1 Å². The molecule has 9 heteroatoms. The normalized spacial score (nSPS) is 12.6. The van der Waals surface area contributed by atoms with Gasteiger partial charge in [-0.25, -0.2) is 4.79 Å². The number of likely N-dealkylation sites (N-methyl/N-ethyl adjacent to an activating group) is 1. The molecule has 1 aromatic carbocycles. The van der Waals surface area contributed by atoms with Crippen molar-refractivity contribution in [1.82, 2.24) is 14.8 Å². The van der Waals surface area contributed by atoms with Crippen LogP contribution >= 0.6 is 0 Å². The van der Waals surface area contributed by atoms with Gasteiger partial charge in [-0.1, -0.05) is 13.8 Å². The summed E-state index contributed by atoms with van der Waals surface area (Å²) in [5.41, 5.74) is 7.30. The average Bonchev–Trinajstić information content (AvgIpc) is 2.91. The topological polar surface area (TPSA) is 123 Å². The van der Waals surface area contributed by atoms with E-state index in [2.05, 4.69) is 10.6 Å². The zero-order valence-corrected chi connectivity index (χ0v) is 16.1. The highest BCUT2D eigenvalue weighted by atomic mass is 16.4. The summed E-state index contributed by atoms with van der Waals surface area (Å²) in [4.78, 5) is 37.9. The molecule has 0 spiro atoms. The first-order chi connectivity index (χ1) is 12.7. The smallest absolute Gasteiger partial charge is 0.408 e. The molecule has 2 aromatic rings. The van der Waals surface area contributed by atoms with Crippen molar-refractivity contribution in [2.24, 2.45) is 11.7 Å². The molecule has 27 heavy (non-hydrogen) atoms. The fourth-order valence-electron chi connectivity index (χ4n) is 2.44. The first kappa shape index (κ1) is 20.7. The van der Waals surface area contributed by atoms with Gasteiger partial charge in [0.25, 0.3) is 0 Å². The fraction of sp³-hybridized carbons (Fsp3) is 0.500. The van der Waals surface area contributed by atoms with E-state index in [-0.39, 0.29) is 24.3 Å². The summed E-state index contributed by atoms with van der Waals surface area (Å²) in [5.74, 6) is -1.21. The third kappa shape index (κ3) is 5.41. The molecule has 9 nitrogen and oxygen atoms in total. The Bertz CT molecular complexity index is 868. The van der Waals surface area contributed by atoms with Crippen LogP contribution in [-0.4, -0.2) is 54.5 Å². The Kier molecular flexibility index (Phi) is 6.75. The number of amides is 2. The molecule has 0 aliphatic rings. The predicted molar refractivity (Wildman–Crippen MR) is 103 cm³/mol. The van der Waals surface area contributed by atoms with Crippen LogP contribution < -0.4 is 22.1 Å². The van der Waals surface area contributed by atoms with Gasteiger partial charge < -0.3 is 25.7 Å². The van der Waals surface area contributed by atoms with Crippen molar-refractivity contribution in [2.75, 3.05) is 32.5 Å². The molecule has 0 aliphatic carbocycles. The number of hydrogen-bond donors (Lipinski definition) is 3. The maximum absolute atomic E-state index is 12.1. The molecule has 0 radical (unpaired) electrons. The summed E-state index contributed by atoms with van der Waals surface area (Å²) in [7, 11) is 3.83. The molecule has 0 unspecified atom stereocenters. The zero-order valence-electron chi connectivity index (χ0n) is 16.1. The van der Waals surface area contributed by atoms with Crippen LogP contribution in [0.2, 0.25) is 0 Å². The van der Waals surface area contributed by atoms with Crippen LogP contribution in [0.5, 0.6) is 0 Å². The Labute approximate surface area is 157 Å². The number of oxazole rings is 1. The fourth-order valence-corrected chi connectivity index (χ4v) is 2.44. The van der Waals surface area contributed by atoms with E-state index in [0.717, 1.165) is 0 Å². The molecule has 0 fully saturated rings. The highest BCUT2D eigenvalue weighted by Gasteiger charge is 2.18. The van der Waals surface area contributed by atoms with Crippen molar-refractivity contribution in [2.45, 2.75) is 26.4 Å². The lowest BCUT2D eigenvalue weighted by Crippen LogP contribution is -2.46. The Morgan fingerprint density at radius 1 is 1.30 bits per heavy atom. The first-order valence-electron chi connectivity index (χ1n) is 8.80. The molecular formula is C18H27N5O4. The number of nitrogens with two attached hydrogens (primary N) is 1. The quantitative estimate of drug-likeness (QED) is 0.604. The molecule has 4 N–H and O–H groups in total. The summed E-state index contributed by atoms with van der Waals surface area (Å²) in [6.45, 7) is 4.63. The average molecular weight is 377 g/mol. The summed E-state index contributed by atoms with van der Waals surface area (Å²) in [5, 5.41) is 5.21. The maximum Gasteiger partial charge on any atom is 0.419 e. The van der Waals surface area contributed by atoms with E-state index in [1.54, 1.807) is 18.2 Å². The van der Waals surface area contributed by atoms with Gasteiger partial charge in [0.15, 0.2) is 5.58 Å². The Morgan fingerprint density at radius 2 is 2.00 bits per heavy atom. The molecule has 2 rings (SSSR count). The molecule has 1 atom stereocenters. The van der Waals surface area contributed by atoms with E-state index in [1.807, 2.05) is 32.8 Å². The number of benzene rings is 1. The second-order valence-electron chi connectivity index (χ2n) is 7.04. The van der Waals surface area contributed by atoms with Crippen molar-refractivity contribution in [3.05, 3.63) is 28.7 Å². The summed E-state index contributed by atoms with van der Waals surface area (Å²) in [6, 6.07) is 4.29. The Hall–Kier alpha value is -2.65. The third-order valence-electron chi connectivity index (χ3n) is 4.17. The first-order valence-corrected chi connectivity index (χ1v) is 8.80. The van der Waals surface area contributed by atoms with Gasteiger partial charge in [0.1, 0.15) is 0 Å². The zero-order chi connectivity index (χ0) is 20.1. The highest BCUT2D eigenvalue weighted by molar-refractivity contribution is 5.96. The number of nitrogens with one attached hydrogen (secondary N) is 2. The molecular weight excluding hydrogens is 350 g/mol. The molecule has 0 bridgehead atoms. The second-order valence-corrected chi connectivity index (χ2v) is 7.04. The van der Waals surface area contributed by atoms with E-state index in [9.17, 15) is 14.4 Å². The van der Waals surface area contributed by atoms with Gasteiger partial charge in [-0.05, 0) is 38.2 Å². The summed E-state index contributed by atoms with van der Waals surface area (Å²) in [6.07, 6.45) is 0. The number of aromatic nitrogens is 1. The highest BCUT2D eigenvalue weighted by Crippen LogP contribution is 2.18. The van der Waals surface area contributed by atoms with E-state index in [0.29, 0.717) is 29.9 Å². The van der Waals surface area contributed by atoms with E-state index in [4.69, 9.17) is 10.2 Å². The van der Waals surface area contributed by atoms with Crippen molar-refractivity contribution < 1.29 is 14.0 Å². The number of hydrogen-bond acceptors (Lipinski definition) is 6. The molecule has 0 saturated heterocycles. The number of nitrogens with zero attached hydrogens (tertiary/aromatic N) is 2. The van der Waals surface area contributed by atoms with Crippen LogP contribution in [0.15, 0.2) is 27.4 Å². The third-order valence-corrected chi connectivity index (χ3v) is 4.17. The maximum atomic E-state index is 12.1. The van der Waals surface area contributed by atoms with Gasteiger partial charge in [-0.15, -0.1) is 0 Å². The number of carbonyl (C=O) groups excluding carboxylic acids is 2. The summed E-state index contributed by atoms with van der Waals surface area (Å²) >= 11 is 0. The van der Waals surface area contributed by atoms with E-state index in [1.165, 1.54) is 4.57 Å². The number of rotatable bonds is 8. The van der Waals surface area contributed by atoms with Gasteiger partial charge in [0.2, 0.25) is 11.8 Å². The van der Waals surface area contributed by atoms with Gasteiger partial charge in [-0.3, -0.25) is 14.2 Å². The van der Waals surface area contributed by atoms with Gasteiger partial charge >= 0.3 is 5.76 Å².